The predicted octanol–water partition coefficient (Wildman–Crippen LogP) is 1.85. The number of nitrogens with zero attached hydrogens (tertiary/aromatic N) is 3. The number of halogens is 2. The Kier molecular flexibility index (Phi) is 3.66. The van der Waals surface area contributed by atoms with Crippen LogP contribution >= 0.6 is 0 Å². The molecular formula is C12H13F2N3O. The van der Waals surface area contributed by atoms with Gasteiger partial charge in [-0.1, -0.05) is 0 Å². The van der Waals surface area contributed by atoms with Crippen molar-refractivity contribution in [1.29, 1.82) is 0 Å². The summed E-state index contributed by atoms with van der Waals surface area (Å²) in [6.45, 7) is 2.49. The Bertz CT molecular complexity index is 542. The van der Waals surface area contributed by atoms with Crippen molar-refractivity contribution >= 4 is 0 Å². The Hall–Kier alpha value is -1.82. The van der Waals surface area contributed by atoms with Gasteiger partial charge in [0.25, 0.3) is 0 Å². The quantitative estimate of drug-likeness (QED) is 0.904. The fraction of sp³-hybridized carbons (Fsp3) is 0.333. The zero-order chi connectivity index (χ0) is 13.1. The van der Waals surface area contributed by atoms with Crippen LogP contribution in [0.3, 0.4) is 0 Å². The normalized spacial score (nSPS) is 12.7. The zero-order valence-electron chi connectivity index (χ0n) is 9.85. The van der Waals surface area contributed by atoms with Crippen molar-refractivity contribution in [2.24, 2.45) is 0 Å². The predicted molar refractivity (Wildman–Crippen MR) is 60.7 cm³/mol. The zero-order valence-corrected chi connectivity index (χ0v) is 9.85. The third-order valence-corrected chi connectivity index (χ3v) is 2.69. The topological polar surface area (TPSA) is 50.9 Å². The van der Waals surface area contributed by atoms with Crippen LogP contribution in [-0.4, -0.2) is 19.9 Å². The summed E-state index contributed by atoms with van der Waals surface area (Å²) in [4.78, 5) is 3.98. The van der Waals surface area contributed by atoms with Crippen molar-refractivity contribution in [3.05, 3.63) is 47.5 Å². The molecule has 0 aliphatic carbocycles. The number of hydrogen-bond donors (Lipinski definition) is 1. The van der Waals surface area contributed by atoms with Crippen LogP contribution in [-0.2, 0) is 13.0 Å². The summed E-state index contributed by atoms with van der Waals surface area (Å²) in [5.41, 5.74) is -0.0688. The van der Waals surface area contributed by atoms with E-state index < -0.39 is 17.7 Å². The average Bonchev–Trinajstić information content (AvgIpc) is 2.79. The molecule has 0 saturated carbocycles. The van der Waals surface area contributed by atoms with E-state index in [-0.39, 0.29) is 12.0 Å². The van der Waals surface area contributed by atoms with Crippen LogP contribution in [0.5, 0.6) is 0 Å². The van der Waals surface area contributed by atoms with Crippen LogP contribution in [0.2, 0.25) is 0 Å². The Morgan fingerprint density at radius 3 is 2.89 bits per heavy atom. The van der Waals surface area contributed by atoms with E-state index in [4.69, 9.17) is 0 Å². The van der Waals surface area contributed by atoms with Gasteiger partial charge >= 0.3 is 0 Å². The highest BCUT2D eigenvalue weighted by molar-refractivity contribution is 5.21. The van der Waals surface area contributed by atoms with Gasteiger partial charge in [0.15, 0.2) is 0 Å². The Balaban J connectivity index is 2.21. The molecule has 96 valence electrons. The van der Waals surface area contributed by atoms with E-state index in [0.717, 1.165) is 18.2 Å². The highest BCUT2D eigenvalue weighted by Crippen LogP contribution is 2.21. The number of aryl methyl sites for hydroxylation is 1. The van der Waals surface area contributed by atoms with Crippen LogP contribution in [0.25, 0.3) is 0 Å². The first-order valence-corrected chi connectivity index (χ1v) is 5.61. The van der Waals surface area contributed by atoms with E-state index in [9.17, 15) is 13.9 Å². The molecule has 0 aliphatic heterocycles. The summed E-state index contributed by atoms with van der Waals surface area (Å²) in [5, 5.41) is 13.9. The minimum Gasteiger partial charge on any atom is -0.388 e. The highest BCUT2D eigenvalue weighted by atomic mass is 19.1. The summed E-state index contributed by atoms with van der Waals surface area (Å²) >= 11 is 0. The molecule has 2 rings (SSSR count). The van der Waals surface area contributed by atoms with Gasteiger partial charge in [-0.25, -0.2) is 13.8 Å². The number of aliphatic hydroxyl groups is 1. The molecule has 0 saturated heterocycles. The number of benzene rings is 1. The van der Waals surface area contributed by atoms with E-state index in [1.807, 2.05) is 6.92 Å². The third-order valence-electron chi connectivity index (χ3n) is 2.69. The summed E-state index contributed by atoms with van der Waals surface area (Å²) in [5.74, 6) is -0.678. The second-order valence-electron chi connectivity index (χ2n) is 3.88. The lowest BCUT2D eigenvalue weighted by Gasteiger charge is -2.12. The van der Waals surface area contributed by atoms with Crippen molar-refractivity contribution in [2.45, 2.75) is 26.0 Å². The second kappa shape index (κ2) is 5.22. The van der Waals surface area contributed by atoms with Crippen molar-refractivity contribution < 1.29 is 13.9 Å². The van der Waals surface area contributed by atoms with Gasteiger partial charge in [0.1, 0.15) is 23.8 Å². The molecule has 0 aliphatic rings. The molecule has 2 aromatic rings. The maximum absolute atomic E-state index is 13.5. The summed E-state index contributed by atoms with van der Waals surface area (Å²) in [6.07, 6.45) is 0.317. The molecule has 1 aromatic heterocycles. The minimum absolute atomic E-state index is 0.0688. The molecule has 0 bridgehead atoms. The van der Waals surface area contributed by atoms with Gasteiger partial charge in [0.05, 0.1) is 6.10 Å². The number of hydrogen-bond acceptors (Lipinski definition) is 3. The summed E-state index contributed by atoms with van der Waals surface area (Å²) in [6, 6.07) is 3.01. The van der Waals surface area contributed by atoms with Crippen molar-refractivity contribution in [1.82, 2.24) is 14.8 Å². The smallest absolute Gasteiger partial charge is 0.138 e. The number of rotatable bonds is 4. The molecule has 1 heterocycles. The maximum atomic E-state index is 13.5. The van der Waals surface area contributed by atoms with E-state index in [1.54, 1.807) is 4.68 Å². The van der Waals surface area contributed by atoms with Crippen LogP contribution in [0.1, 0.15) is 24.4 Å². The monoisotopic (exact) mass is 253 g/mol. The lowest BCUT2D eigenvalue weighted by atomic mass is 10.1. The molecule has 4 nitrogen and oxygen atoms in total. The Morgan fingerprint density at radius 1 is 1.39 bits per heavy atom. The maximum Gasteiger partial charge on any atom is 0.138 e. The largest absolute Gasteiger partial charge is 0.388 e. The molecule has 1 atom stereocenters. The van der Waals surface area contributed by atoms with Crippen LogP contribution in [0.15, 0.2) is 24.5 Å². The van der Waals surface area contributed by atoms with Crippen molar-refractivity contribution in [2.75, 3.05) is 0 Å². The Labute approximate surface area is 103 Å². The molecular weight excluding hydrogens is 240 g/mol. The fourth-order valence-corrected chi connectivity index (χ4v) is 1.76. The van der Waals surface area contributed by atoms with Gasteiger partial charge in [0, 0.05) is 18.5 Å². The molecule has 0 amide bonds. The SMILES string of the molecule is CCn1ncnc1CC(O)c1cc(F)ccc1F. The van der Waals surface area contributed by atoms with Crippen LogP contribution in [0, 0.1) is 11.6 Å². The molecule has 1 unspecified atom stereocenters. The molecule has 1 aromatic carbocycles. The fourth-order valence-electron chi connectivity index (χ4n) is 1.76. The highest BCUT2D eigenvalue weighted by Gasteiger charge is 2.17. The van der Waals surface area contributed by atoms with Crippen LogP contribution < -0.4 is 0 Å². The molecule has 6 heteroatoms. The van der Waals surface area contributed by atoms with Gasteiger partial charge in [0.2, 0.25) is 0 Å². The number of aliphatic hydroxyl groups excluding tert-OH is 1. The third kappa shape index (κ3) is 2.53. The van der Waals surface area contributed by atoms with E-state index >= 15 is 0 Å². The molecule has 0 radical (unpaired) electrons. The van der Waals surface area contributed by atoms with Gasteiger partial charge in [-0.15, -0.1) is 0 Å². The van der Waals surface area contributed by atoms with Gasteiger partial charge in [-0.05, 0) is 25.1 Å². The minimum atomic E-state index is -1.14. The van der Waals surface area contributed by atoms with Gasteiger partial charge in [-0.3, -0.25) is 4.68 Å². The second-order valence-corrected chi connectivity index (χ2v) is 3.88. The number of aromatic nitrogens is 3. The van der Waals surface area contributed by atoms with E-state index in [2.05, 4.69) is 10.1 Å². The Morgan fingerprint density at radius 2 is 2.17 bits per heavy atom. The first kappa shape index (κ1) is 12.6. The molecule has 0 spiro atoms. The van der Waals surface area contributed by atoms with Gasteiger partial charge < -0.3 is 5.11 Å². The standard InChI is InChI=1S/C12H13F2N3O/c1-2-17-12(15-7-16-17)6-11(18)9-5-8(13)3-4-10(9)14/h3-5,7,11,18H,2,6H2,1H3. The molecule has 0 fully saturated rings. The first-order valence-electron chi connectivity index (χ1n) is 5.61. The van der Waals surface area contributed by atoms with Gasteiger partial charge in [-0.2, -0.15) is 5.10 Å². The lowest BCUT2D eigenvalue weighted by molar-refractivity contribution is 0.169. The van der Waals surface area contributed by atoms with E-state index in [0.29, 0.717) is 12.4 Å². The van der Waals surface area contributed by atoms with Crippen molar-refractivity contribution in [3.8, 4) is 0 Å². The summed E-state index contributed by atoms with van der Waals surface area (Å²) in [7, 11) is 0. The van der Waals surface area contributed by atoms with Crippen molar-refractivity contribution in [3.63, 3.8) is 0 Å². The first-order chi connectivity index (χ1) is 8.61. The summed E-state index contributed by atoms with van der Waals surface area (Å²) < 4.78 is 28.1. The lowest BCUT2D eigenvalue weighted by Crippen LogP contribution is -2.11. The molecule has 18 heavy (non-hydrogen) atoms. The van der Waals surface area contributed by atoms with E-state index in [1.165, 1.54) is 6.33 Å². The van der Waals surface area contributed by atoms with Crippen LogP contribution in [0.4, 0.5) is 8.78 Å². The molecule has 1 N–H and O–H groups in total. The average molecular weight is 253 g/mol.